The third-order valence-corrected chi connectivity index (χ3v) is 4.68. The molecule has 1 aliphatic carbocycles. The van der Waals surface area contributed by atoms with Crippen LogP contribution in [0.15, 0.2) is 22.7 Å². The number of hydrogen-bond acceptors (Lipinski definition) is 1. The monoisotopic (exact) mass is 323 g/mol. The lowest BCUT2D eigenvalue weighted by atomic mass is 9.86. The Hall–Kier alpha value is -0.340. The number of nitrogens with one attached hydrogen (secondary N) is 1. The highest BCUT2D eigenvalue weighted by molar-refractivity contribution is 9.10. The third kappa shape index (κ3) is 4.32. The Labute approximate surface area is 126 Å². The summed E-state index contributed by atoms with van der Waals surface area (Å²) in [5.74, 6) is 0.802. The Bertz CT molecular complexity index is 374. The number of halogens is 1. The molecule has 0 heterocycles. The van der Waals surface area contributed by atoms with E-state index in [4.69, 9.17) is 0 Å². The second kappa shape index (κ2) is 7.44. The predicted molar refractivity (Wildman–Crippen MR) is 86.5 cm³/mol. The van der Waals surface area contributed by atoms with Crippen molar-refractivity contribution in [1.82, 2.24) is 5.32 Å². The molecule has 1 aromatic rings. The molecule has 2 heteroatoms. The fourth-order valence-electron chi connectivity index (χ4n) is 3.37. The molecule has 0 radical (unpaired) electrons. The van der Waals surface area contributed by atoms with Crippen LogP contribution in [-0.2, 0) is 0 Å². The van der Waals surface area contributed by atoms with Crippen LogP contribution >= 0.6 is 15.9 Å². The van der Waals surface area contributed by atoms with E-state index in [9.17, 15) is 0 Å². The zero-order chi connectivity index (χ0) is 13.7. The molecule has 0 saturated heterocycles. The Morgan fingerprint density at radius 1 is 1.16 bits per heavy atom. The maximum Gasteiger partial charge on any atom is 0.0349 e. The van der Waals surface area contributed by atoms with Crippen LogP contribution in [0.2, 0.25) is 0 Å². The van der Waals surface area contributed by atoms with E-state index in [0.717, 1.165) is 12.5 Å². The fraction of sp³-hybridized carbons (Fsp3) is 0.647. The van der Waals surface area contributed by atoms with Crippen molar-refractivity contribution in [2.24, 2.45) is 5.92 Å². The molecule has 1 atom stereocenters. The molecule has 1 N–H and O–H groups in total. The summed E-state index contributed by atoms with van der Waals surface area (Å²) < 4.78 is 1.21. The summed E-state index contributed by atoms with van der Waals surface area (Å²) in [7, 11) is 0. The van der Waals surface area contributed by atoms with E-state index in [0.29, 0.717) is 6.04 Å². The van der Waals surface area contributed by atoms with Crippen LogP contribution in [0, 0.1) is 12.8 Å². The van der Waals surface area contributed by atoms with E-state index in [2.05, 4.69) is 53.3 Å². The number of hydrogen-bond donors (Lipinski definition) is 1. The van der Waals surface area contributed by atoms with E-state index in [1.54, 1.807) is 0 Å². The lowest BCUT2D eigenvalue weighted by Gasteiger charge is -2.28. The van der Waals surface area contributed by atoms with Gasteiger partial charge in [-0.3, -0.25) is 0 Å². The van der Waals surface area contributed by atoms with Crippen LogP contribution in [0.25, 0.3) is 0 Å². The molecule has 1 saturated carbocycles. The van der Waals surface area contributed by atoms with Gasteiger partial charge in [-0.05, 0) is 55.5 Å². The highest BCUT2D eigenvalue weighted by Gasteiger charge is 2.23. The van der Waals surface area contributed by atoms with Gasteiger partial charge in [0.2, 0.25) is 0 Å². The number of benzene rings is 1. The molecule has 19 heavy (non-hydrogen) atoms. The lowest BCUT2D eigenvalue weighted by molar-refractivity contribution is 0.330. The van der Waals surface area contributed by atoms with Crippen LogP contribution in [-0.4, -0.2) is 6.54 Å². The molecule has 2 rings (SSSR count). The first-order chi connectivity index (χ1) is 9.20. The van der Waals surface area contributed by atoms with Gasteiger partial charge in [-0.2, -0.15) is 0 Å². The van der Waals surface area contributed by atoms with Crippen molar-refractivity contribution in [3.05, 3.63) is 33.8 Å². The molecule has 1 unspecified atom stereocenters. The van der Waals surface area contributed by atoms with Gasteiger partial charge in [0.05, 0.1) is 0 Å². The summed E-state index contributed by atoms with van der Waals surface area (Å²) >= 11 is 3.64. The van der Waals surface area contributed by atoms with Gasteiger partial charge in [0.15, 0.2) is 0 Å². The first kappa shape index (κ1) is 15.1. The summed E-state index contributed by atoms with van der Waals surface area (Å²) in [6.07, 6.45) is 8.41. The summed E-state index contributed by atoms with van der Waals surface area (Å²) in [6.45, 7) is 5.45. The van der Waals surface area contributed by atoms with Gasteiger partial charge in [-0.15, -0.1) is 0 Å². The molecule has 1 fully saturated rings. The zero-order valence-electron chi connectivity index (χ0n) is 12.2. The number of aryl methyl sites for hydroxylation is 1. The normalized spacial score (nSPS) is 19.1. The van der Waals surface area contributed by atoms with Gasteiger partial charge in [-0.1, -0.05) is 54.6 Å². The minimum absolute atomic E-state index is 0.527. The van der Waals surface area contributed by atoms with Crippen molar-refractivity contribution in [3.8, 4) is 0 Å². The molecule has 1 nitrogen and oxygen atoms in total. The van der Waals surface area contributed by atoms with Crippen molar-refractivity contribution in [2.75, 3.05) is 6.54 Å². The summed E-state index contributed by atoms with van der Waals surface area (Å²) in [5, 5.41) is 3.73. The standard InChI is InChI=1S/C17H26BrN/c1-3-19-17(14-8-6-4-5-7-9-14)15-10-13(2)11-16(18)12-15/h10-12,14,17,19H,3-9H2,1-2H3. The van der Waals surface area contributed by atoms with Crippen LogP contribution in [0.1, 0.15) is 62.6 Å². The number of rotatable bonds is 4. The summed E-state index contributed by atoms with van der Waals surface area (Å²) in [6, 6.07) is 7.37. The SMILES string of the molecule is CCNC(c1cc(C)cc(Br)c1)C1CCCCCC1. The first-order valence-electron chi connectivity index (χ1n) is 7.71. The van der Waals surface area contributed by atoms with E-state index in [1.807, 2.05) is 0 Å². The third-order valence-electron chi connectivity index (χ3n) is 4.22. The second-order valence-corrected chi connectivity index (χ2v) is 6.76. The molecule has 106 valence electrons. The van der Waals surface area contributed by atoms with Crippen LogP contribution in [0.5, 0.6) is 0 Å². The highest BCUT2D eigenvalue weighted by Crippen LogP contribution is 2.34. The smallest absolute Gasteiger partial charge is 0.0349 e. The predicted octanol–water partition coefficient (Wildman–Crippen LogP) is 5.38. The van der Waals surface area contributed by atoms with E-state index in [-0.39, 0.29) is 0 Å². The van der Waals surface area contributed by atoms with Crippen molar-refractivity contribution in [2.45, 2.75) is 58.4 Å². The van der Waals surface area contributed by atoms with Crippen molar-refractivity contribution in [1.29, 1.82) is 0 Å². The van der Waals surface area contributed by atoms with Gasteiger partial charge in [0.25, 0.3) is 0 Å². The average molecular weight is 324 g/mol. The van der Waals surface area contributed by atoms with Crippen LogP contribution < -0.4 is 5.32 Å². The Morgan fingerprint density at radius 3 is 2.42 bits per heavy atom. The highest BCUT2D eigenvalue weighted by atomic mass is 79.9. The van der Waals surface area contributed by atoms with Crippen LogP contribution in [0.4, 0.5) is 0 Å². The van der Waals surface area contributed by atoms with Gasteiger partial charge < -0.3 is 5.32 Å². The summed E-state index contributed by atoms with van der Waals surface area (Å²) in [5.41, 5.74) is 2.81. The molecule has 0 bridgehead atoms. The summed E-state index contributed by atoms with van der Waals surface area (Å²) in [4.78, 5) is 0. The van der Waals surface area contributed by atoms with Crippen molar-refractivity contribution >= 4 is 15.9 Å². The second-order valence-electron chi connectivity index (χ2n) is 5.85. The molecule has 1 aromatic carbocycles. The molecule has 0 aliphatic heterocycles. The fourth-order valence-corrected chi connectivity index (χ4v) is 3.99. The Balaban J connectivity index is 2.22. The van der Waals surface area contributed by atoms with Gasteiger partial charge in [0, 0.05) is 10.5 Å². The quantitative estimate of drug-likeness (QED) is 0.733. The molecule has 1 aliphatic rings. The minimum Gasteiger partial charge on any atom is -0.310 e. The van der Waals surface area contributed by atoms with Gasteiger partial charge in [-0.25, -0.2) is 0 Å². The van der Waals surface area contributed by atoms with Gasteiger partial charge >= 0.3 is 0 Å². The molecular weight excluding hydrogens is 298 g/mol. The Morgan fingerprint density at radius 2 is 1.84 bits per heavy atom. The topological polar surface area (TPSA) is 12.0 Å². The Kier molecular flexibility index (Phi) is 5.90. The average Bonchev–Trinajstić information content (AvgIpc) is 2.63. The lowest BCUT2D eigenvalue weighted by Crippen LogP contribution is -2.28. The largest absolute Gasteiger partial charge is 0.310 e. The van der Waals surface area contributed by atoms with Crippen LogP contribution in [0.3, 0.4) is 0 Å². The van der Waals surface area contributed by atoms with Crippen molar-refractivity contribution in [3.63, 3.8) is 0 Å². The maximum absolute atomic E-state index is 3.73. The molecule has 0 spiro atoms. The molecule has 0 amide bonds. The van der Waals surface area contributed by atoms with E-state index >= 15 is 0 Å². The van der Waals surface area contributed by atoms with Gasteiger partial charge in [0.1, 0.15) is 0 Å². The molecule has 0 aromatic heterocycles. The first-order valence-corrected chi connectivity index (χ1v) is 8.50. The minimum atomic E-state index is 0.527. The zero-order valence-corrected chi connectivity index (χ0v) is 13.8. The van der Waals surface area contributed by atoms with Crippen molar-refractivity contribution < 1.29 is 0 Å². The van der Waals surface area contributed by atoms with E-state index in [1.165, 1.54) is 54.1 Å². The maximum atomic E-state index is 3.73. The van der Waals surface area contributed by atoms with E-state index < -0.39 is 0 Å². The molecular formula is C17H26BrN.